The highest BCUT2D eigenvalue weighted by atomic mass is 16.5. The van der Waals surface area contributed by atoms with E-state index in [-0.39, 0.29) is 18.6 Å². The minimum Gasteiger partial charge on any atom is -0.488 e. The number of fused-ring (bicyclic) bond motifs is 1. The Hall–Kier alpha value is -2.84. The Morgan fingerprint density at radius 1 is 1.35 bits per heavy atom. The van der Waals surface area contributed by atoms with E-state index in [1.165, 1.54) is 10.5 Å². The minimum atomic E-state index is -0.327. The Morgan fingerprint density at radius 3 is 3.09 bits per heavy atom. The van der Waals surface area contributed by atoms with Crippen molar-refractivity contribution >= 4 is 12.3 Å². The number of carbonyl (C=O) groups is 2. The van der Waals surface area contributed by atoms with Gasteiger partial charge in [0.15, 0.2) is 0 Å². The summed E-state index contributed by atoms with van der Waals surface area (Å²) in [6.07, 6.45) is 10.5. The second kappa shape index (κ2) is 6.95. The van der Waals surface area contributed by atoms with Gasteiger partial charge in [-0.05, 0) is 48.8 Å². The smallest absolute Gasteiger partial charge is 0.260 e. The van der Waals surface area contributed by atoms with E-state index >= 15 is 0 Å². The molecule has 4 heteroatoms. The van der Waals surface area contributed by atoms with Crippen LogP contribution in [0.1, 0.15) is 12.0 Å². The molecular weight excluding hydrogens is 290 g/mol. The second-order valence-electron chi connectivity index (χ2n) is 5.43. The lowest BCUT2D eigenvalue weighted by Gasteiger charge is -2.29. The van der Waals surface area contributed by atoms with E-state index in [0.29, 0.717) is 12.0 Å². The third-order valence-electron chi connectivity index (χ3n) is 3.86. The van der Waals surface area contributed by atoms with Crippen LogP contribution in [-0.2, 0) is 16.0 Å². The average Bonchev–Trinajstić information content (AvgIpc) is 2.88. The van der Waals surface area contributed by atoms with Gasteiger partial charge in [-0.25, -0.2) is 0 Å². The molecule has 1 aromatic rings. The number of ether oxygens (including phenoxy) is 1. The molecule has 0 fully saturated rings. The summed E-state index contributed by atoms with van der Waals surface area (Å²) in [4.78, 5) is 25.0. The first-order valence-electron chi connectivity index (χ1n) is 7.58. The van der Waals surface area contributed by atoms with E-state index in [1.807, 2.05) is 24.3 Å². The first-order chi connectivity index (χ1) is 11.3. The van der Waals surface area contributed by atoms with Crippen LogP contribution in [0, 0.1) is 0 Å². The molecule has 0 saturated carbocycles. The van der Waals surface area contributed by atoms with Gasteiger partial charge in [-0.3, -0.25) is 14.5 Å². The monoisotopic (exact) mass is 307 g/mol. The summed E-state index contributed by atoms with van der Waals surface area (Å²) >= 11 is 0. The lowest BCUT2D eigenvalue weighted by Crippen LogP contribution is -2.40. The van der Waals surface area contributed by atoms with Crippen molar-refractivity contribution in [3.05, 3.63) is 71.5 Å². The number of para-hydroxylation sites is 1. The van der Waals surface area contributed by atoms with Gasteiger partial charge in [-0.15, -0.1) is 5.73 Å². The largest absolute Gasteiger partial charge is 0.488 e. The van der Waals surface area contributed by atoms with Crippen LogP contribution in [0.25, 0.3) is 0 Å². The van der Waals surface area contributed by atoms with Crippen LogP contribution in [0.3, 0.4) is 0 Å². The van der Waals surface area contributed by atoms with Gasteiger partial charge in [0.05, 0.1) is 6.54 Å². The maximum Gasteiger partial charge on any atom is 0.260 e. The molecule has 0 N–H and O–H groups in total. The van der Waals surface area contributed by atoms with E-state index in [1.54, 1.807) is 30.4 Å². The van der Waals surface area contributed by atoms with Gasteiger partial charge in [-0.1, -0.05) is 24.3 Å². The van der Waals surface area contributed by atoms with E-state index in [0.717, 1.165) is 18.6 Å². The zero-order valence-corrected chi connectivity index (χ0v) is 12.6. The fraction of sp³-hybridized carbons (Fsp3) is 0.211. The van der Waals surface area contributed by atoms with Crippen molar-refractivity contribution in [2.75, 3.05) is 6.54 Å². The third kappa shape index (κ3) is 3.50. The number of hydrogen-bond donors (Lipinski definition) is 0. The van der Waals surface area contributed by atoms with Gasteiger partial charge in [0.1, 0.15) is 11.9 Å². The standard InChI is InChI=1S/C19H17NO3/c21-14-20(19(22)16-8-3-1-2-4-9-16)13-17-12-11-15-7-5-6-10-18(15)23-17/h1,3-10,14,17H,11-13H2/t17-/m1/s1. The number of nitrogens with zero attached hydrogens (tertiary/aromatic N) is 1. The first-order valence-corrected chi connectivity index (χ1v) is 7.58. The Bertz CT molecular complexity index is 739. The van der Waals surface area contributed by atoms with Crippen molar-refractivity contribution in [1.29, 1.82) is 0 Å². The van der Waals surface area contributed by atoms with Gasteiger partial charge < -0.3 is 4.74 Å². The molecule has 0 saturated heterocycles. The molecule has 4 nitrogen and oxygen atoms in total. The Labute approximate surface area is 135 Å². The molecule has 1 aliphatic heterocycles. The normalized spacial score (nSPS) is 18.4. The molecule has 0 spiro atoms. The summed E-state index contributed by atoms with van der Waals surface area (Å²) < 4.78 is 5.91. The molecule has 1 heterocycles. The van der Waals surface area contributed by atoms with Crippen molar-refractivity contribution in [1.82, 2.24) is 4.90 Å². The van der Waals surface area contributed by atoms with E-state index in [4.69, 9.17) is 4.74 Å². The fourth-order valence-electron chi connectivity index (χ4n) is 2.67. The predicted octanol–water partition coefficient (Wildman–Crippen LogP) is 2.57. The molecule has 2 aliphatic rings. The van der Waals surface area contributed by atoms with Crippen LogP contribution >= 0.6 is 0 Å². The predicted molar refractivity (Wildman–Crippen MR) is 86.8 cm³/mol. The molecule has 0 aromatic heterocycles. The summed E-state index contributed by atoms with van der Waals surface area (Å²) in [5.74, 6) is 0.509. The topological polar surface area (TPSA) is 46.6 Å². The number of allylic oxidation sites excluding steroid dienone is 3. The summed E-state index contributed by atoms with van der Waals surface area (Å²) in [6, 6.07) is 7.86. The van der Waals surface area contributed by atoms with Crippen LogP contribution in [0.2, 0.25) is 0 Å². The van der Waals surface area contributed by atoms with Crippen molar-refractivity contribution in [2.24, 2.45) is 0 Å². The van der Waals surface area contributed by atoms with Crippen LogP contribution in [0.4, 0.5) is 0 Å². The number of hydrogen-bond acceptors (Lipinski definition) is 3. The molecule has 3 rings (SSSR count). The van der Waals surface area contributed by atoms with Crippen molar-refractivity contribution < 1.29 is 14.3 Å². The SMILES string of the molecule is O=CN(C[C@H]1CCc2ccccc2O1)C(=O)C1=CC=C=CC=C1. The van der Waals surface area contributed by atoms with Crippen LogP contribution in [0.15, 0.2) is 65.9 Å². The van der Waals surface area contributed by atoms with Gasteiger partial charge in [0.25, 0.3) is 5.91 Å². The van der Waals surface area contributed by atoms with Gasteiger partial charge >= 0.3 is 0 Å². The highest BCUT2D eigenvalue weighted by Crippen LogP contribution is 2.27. The summed E-state index contributed by atoms with van der Waals surface area (Å²) in [7, 11) is 0. The number of rotatable bonds is 4. The van der Waals surface area contributed by atoms with Gasteiger partial charge in [0.2, 0.25) is 6.41 Å². The lowest BCUT2D eigenvalue weighted by atomic mass is 10.0. The average molecular weight is 307 g/mol. The number of benzene rings is 1. The Morgan fingerprint density at radius 2 is 2.22 bits per heavy atom. The summed E-state index contributed by atoms with van der Waals surface area (Å²) in [6.45, 7) is 0.249. The van der Waals surface area contributed by atoms with Crippen LogP contribution < -0.4 is 4.74 Å². The van der Waals surface area contributed by atoms with Crippen LogP contribution in [0.5, 0.6) is 5.75 Å². The molecule has 0 bridgehead atoms. The maximum absolute atomic E-state index is 12.5. The lowest BCUT2D eigenvalue weighted by molar-refractivity contribution is -0.136. The van der Waals surface area contributed by atoms with Gasteiger partial charge in [-0.2, -0.15) is 0 Å². The fourth-order valence-corrected chi connectivity index (χ4v) is 2.67. The maximum atomic E-state index is 12.5. The first kappa shape index (κ1) is 15.1. The third-order valence-corrected chi connectivity index (χ3v) is 3.86. The van der Waals surface area contributed by atoms with E-state index < -0.39 is 0 Å². The Kier molecular flexibility index (Phi) is 4.55. The van der Waals surface area contributed by atoms with Crippen LogP contribution in [-0.4, -0.2) is 29.9 Å². The second-order valence-corrected chi connectivity index (χ2v) is 5.43. The highest BCUT2D eigenvalue weighted by molar-refractivity contribution is 6.01. The van der Waals surface area contributed by atoms with E-state index in [9.17, 15) is 9.59 Å². The zero-order chi connectivity index (χ0) is 16.1. The molecule has 1 aromatic carbocycles. The Balaban J connectivity index is 1.69. The molecule has 0 radical (unpaired) electrons. The molecule has 2 amide bonds. The molecule has 0 unspecified atom stereocenters. The quantitative estimate of drug-likeness (QED) is 0.634. The molecule has 116 valence electrons. The molecular formula is C19H17NO3. The molecule has 1 atom stereocenters. The number of amides is 2. The highest BCUT2D eigenvalue weighted by Gasteiger charge is 2.25. The minimum absolute atomic E-state index is 0.178. The zero-order valence-electron chi connectivity index (χ0n) is 12.6. The van der Waals surface area contributed by atoms with Crippen molar-refractivity contribution in [3.63, 3.8) is 0 Å². The van der Waals surface area contributed by atoms with Crippen molar-refractivity contribution in [2.45, 2.75) is 18.9 Å². The molecule has 1 aliphatic carbocycles. The number of carbonyl (C=O) groups excluding carboxylic acids is 2. The van der Waals surface area contributed by atoms with E-state index in [2.05, 4.69) is 5.73 Å². The summed E-state index contributed by atoms with van der Waals surface area (Å²) in [5, 5.41) is 0. The summed E-state index contributed by atoms with van der Waals surface area (Å²) in [5.41, 5.74) is 4.50. The molecule has 23 heavy (non-hydrogen) atoms. The van der Waals surface area contributed by atoms with Gasteiger partial charge in [0, 0.05) is 5.57 Å². The van der Waals surface area contributed by atoms with Crippen molar-refractivity contribution in [3.8, 4) is 5.75 Å². The number of imide groups is 1. The number of aryl methyl sites for hydroxylation is 1.